The summed E-state index contributed by atoms with van der Waals surface area (Å²) in [5.41, 5.74) is 2.55. The first-order valence-electron chi connectivity index (χ1n) is 4.29. The summed E-state index contributed by atoms with van der Waals surface area (Å²) >= 11 is 0. The Bertz CT molecular complexity index is 250. The van der Waals surface area contributed by atoms with Crippen LogP contribution in [0.4, 0.5) is 0 Å². The second-order valence-electron chi connectivity index (χ2n) is 3.37. The fraction of sp³-hybridized carbons (Fsp3) is 0.667. The lowest BCUT2D eigenvalue weighted by atomic mass is 10.2. The molecule has 0 atom stereocenters. The van der Waals surface area contributed by atoms with Crippen LogP contribution < -0.4 is 0 Å². The molecule has 0 fully saturated rings. The molecule has 0 unspecified atom stereocenters. The molecule has 0 bridgehead atoms. The Morgan fingerprint density at radius 1 is 1.50 bits per heavy atom. The van der Waals surface area contributed by atoms with E-state index >= 15 is 0 Å². The van der Waals surface area contributed by atoms with Crippen LogP contribution in [-0.4, -0.2) is 28.8 Å². The van der Waals surface area contributed by atoms with Gasteiger partial charge >= 0.3 is 0 Å². The fourth-order valence-corrected chi connectivity index (χ4v) is 1.31. The van der Waals surface area contributed by atoms with Gasteiger partial charge in [0, 0.05) is 19.8 Å². The number of aryl methyl sites for hydroxylation is 2. The molecule has 0 spiro atoms. The van der Waals surface area contributed by atoms with Gasteiger partial charge in [-0.2, -0.15) is 5.10 Å². The van der Waals surface area contributed by atoms with Crippen molar-refractivity contribution >= 4 is 0 Å². The van der Waals surface area contributed by atoms with E-state index in [-0.39, 0.29) is 0 Å². The zero-order valence-electron chi connectivity index (χ0n) is 8.33. The van der Waals surface area contributed by atoms with E-state index in [0.717, 1.165) is 13.0 Å². The molecule has 68 valence electrons. The number of aromatic nitrogens is 2. The third kappa shape index (κ3) is 2.08. The van der Waals surface area contributed by atoms with Crippen LogP contribution >= 0.6 is 0 Å². The van der Waals surface area contributed by atoms with Crippen molar-refractivity contribution in [3.05, 3.63) is 17.5 Å². The summed E-state index contributed by atoms with van der Waals surface area (Å²) < 4.78 is 1.89. The number of hydrogen-bond donors (Lipinski definition) is 0. The van der Waals surface area contributed by atoms with Gasteiger partial charge in [-0.15, -0.1) is 0 Å². The largest absolute Gasteiger partial charge is 0.303 e. The van der Waals surface area contributed by atoms with Crippen LogP contribution in [0.2, 0.25) is 0 Å². The molecule has 3 heteroatoms. The van der Waals surface area contributed by atoms with Gasteiger partial charge in [-0.25, -0.2) is 0 Å². The highest BCUT2D eigenvalue weighted by atomic mass is 15.3. The van der Waals surface area contributed by atoms with Gasteiger partial charge in [0.15, 0.2) is 0 Å². The molecule has 0 saturated carbocycles. The first-order chi connectivity index (χ1) is 5.63. The Hall–Kier alpha value is -0.830. The van der Waals surface area contributed by atoms with Crippen molar-refractivity contribution in [3.63, 3.8) is 0 Å². The molecule has 12 heavy (non-hydrogen) atoms. The molecule has 1 aromatic rings. The van der Waals surface area contributed by atoms with E-state index in [2.05, 4.69) is 37.2 Å². The summed E-state index contributed by atoms with van der Waals surface area (Å²) in [6, 6.07) is 0. The summed E-state index contributed by atoms with van der Waals surface area (Å²) in [7, 11) is 6.10. The number of nitrogens with zero attached hydrogens (tertiary/aromatic N) is 3. The van der Waals surface area contributed by atoms with E-state index in [1.807, 2.05) is 11.7 Å². The molecule has 0 aliphatic carbocycles. The highest BCUT2D eigenvalue weighted by Gasteiger charge is 2.05. The minimum Gasteiger partial charge on any atom is -0.303 e. The Morgan fingerprint density at radius 3 is 2.67 bits per heavy atom. The van der Waals surface area contributed by atoms with Gasteiger partial charge in [-0.05, 0) is 26.1 Å². The average molecular weight is 167 g/mol. The molecule has 0 amide bonds. The van der Waals surface area contributed by atoms with Gasteiger partial charge in [0.2, 0.25) is 0 Å². The predicted molar refractivity (Wildman–Crippen MR) is 50.0 cm³/mol. The Balaban J connectivity index is 2.81. The predicted octanol–water partition coefficient (Wildman–Crippen LogP) is 1.04. The van der Waals surface area contributed by atoms with E-state index in [9.17, 15) is 0 Å². The van der Waals surface area contributed by atoms with E-state index in [1.54, 1.807) is 0 Å². The molecule has 0 N–H and O–H groups in total. The van der Waals surface area contributed by atoms with Crippen molar-refractivity contribution < 1.29 is 0 Å². The average Bonchev–Trinajstić information content (AvgIpc) is 2.29. The number of hydrogen-bond acceptors (Lipinski definition) is 2. The number of rotatable bonds is 3. The quantitative estimate of drug-likeness (QED) is 0.671. The Kier molecular flexibility index (Phi) is 2.87. The molecular weight excluding hydrogens is 150 g/mol. The summed E-state index contributed by atoms with van der Waals surface area (Å²) in [5.74, 6) is 0. The first-order valence-corrected chi connectivity index (χ1v) is 4.29. The summed E-state index contributed by atoms with van der Waals surface area (Å²) in [6.07, 6.45) is 3.16. The highest BCUT2D eigenvalue weighted by molar-refractivity contribution is 5.16. The molecule has 3 nitrogen and oxygen atoms in total. The third-order valence-electron chi connectivity index (χ3n) is 1.84. The van der Waals surface area contributed by atoms with Crippen LogP contribution in [0.3, 0.4) is 0 Å². The van der Waals surface area contributed by atoms with Crippen molar-refractivity contribution in [1.82, 2.24) is 14.7 Å². The topological polar surface area (TPSA) is 21.1 Å². The van der Waals surface area contributed by atoms with Gasteiger partial charge in [-0.3, -0.25) is 4.68 Å². The summed E-state index contributed by atoms with van der Waals surface area (Å²) in [6.45, 7) is 3.10. The van der Waals surface area contributed by atoms with Crippen LogP contribution in [-0.2, 0) is 20.0 Å². The van der Waals surface area contributed by atoms with Crippen LogP contribution in [0.15, 0.2) is 6.20 Å². The minimum atomic E-state index is 0.935. The minimum absolute atomic E-state index is 0.935. The zero-order chi connectivity index (χ0) is 9.14. The van der Waals surface area contributed by atoms with Gasteiger partial charge in [-0.1, -0.05) is 6.92 Å². The lowest BCUT2D eigenvalue weighted by Gasteiger charge is -2.07. The van der Waals surface area contributed by atoms with E-state index in [4.69, 9.17) is 0 Å². The van der Waals surface area contributed by atoms with Crippen molar-refractivity contribution in [2.45, 2.75) is 19.9 Å². The fourth-order valence-electron chi connectivity index (χ4n) is 1.31. The van der Waals surface area contributed by atoms with E-state index in [1.165, 1.54) is 11.3 Å². The van der Waals surface area contributed by atoms with Gasteiger partial charge < -0.3 is 4.90 Å². The molecule has 0 aliphatic heterocycles. The van der Waals surface area contributed by atoms with Crippen molar-refractivity contribution in [1.29, 1.82) is 0 Å². The maximum Gasteiger partial charge on any atom is 0.0796 e. The van der Waals surface area contributed by atoms with Gasteiger partial charge in [0.1, 0.15) is 0 Å². The maximum atomic E-state index is 4.40. The van der Waals surface area contributed by atoms with Gasteiger partial charge in [0.05, 0.1) is 5.69 Å². The Labute approximate surface area is 74.0 Å². The Morgan fingerprint density at radius 2 is 2.17 bits per heavy atom. The lowest BCUT2D eigenvalue weighted by molar-refractivity contribution is 0.393. The molecule has 0 aliphatic rings. The SMILES string of the molecule is CCc1cn(C)nc1CN(C)C. The van der Waals surface area contributed by atoms with Crippen LogP contribution in [0, 0.1) is 0 Å². The zero-order valence-corrected chi connectivity index (χ0v) is 8.33. The molecular formula is C9H17N3. The molecule has 1 heterocycles. The molecule has 1 aromatic heterocycles. The third-order valence-corrected chi connectivity index (χ3v) is 1.84. The van der Waals surface area contributed by atoms with Crippen LogP contribution in [0.25, 0.3) is 0 Å². The molecule has 0 saturated heterocycles. The second-order valence-corrected chi connectivity index (χ2v) is 3.37. The second kappa shape index (κ2) is 3.72. The molecule has 0 aromatic carbocycles. The molecule has 1 rings (SSSR count). The van der Waals surface area contributed by atoms with E-state index in [0.29, 0.717) is 0 Å². The molecule has 0 radical (unpaired) electrons. The standard InChI is InChI=1S/C9H17N3/c1-5-8-6-12(4)10-9(8)7-11(2)3/h6H,5,7H2,1-4H3. The van der Waals surface area contributed by atoms with Crippen LogP contribution in [0.1, 0.15) is 18.2 Å². The lowest BCUT2D eigenvalue weighted by Crippen LogP contribution is -2.12. The van der Waals surface area contributed by atoms with Crippen molar-refractivity contribution in [2.24, 2.45) is 7.05 Å². The van der Waals surface area contributed by atoms with Crippen LogP contribution in [0.5, 0.6) is 0 Å². The van der Waals surface area contributed by atoms with Gasteiger partial charge in [0.25, 0.3) is 0 Å². The summed E-state index contributed by atoms with van der Waals surface area (Å²) in [4.78, 5) is 2.14. The summed E-state index contributed by atoms with van der Waals surface area (Å²) in [5, 5.41) is 4.40. The normalized spacial score (nSPS) is 11.1. The monoisotopic (exact) mass is 167 g/mol. The van der Waals surface area contributed by atoms with Crippen molar-refractivity contribution in [2.75, 3.05) is 14.1 Å². The first kappa shape index (κ1) is 9.26. The van der Waals surface area contributed by atoms with E-state index < -0.39 is 0 Å². The highest BCUT2D eigenvalue weighted by Crippen LogP contribution is 2.08. The maximum absolute atomic E-state index is 4.40. The smallest absolute Gasteiger partial charge is 0.0796 e. The van der Waals surface area contributed by atoms with Crippen molar-refractivity contribution in [3.8, 4) is 0 Å².